The Morgan fingerprint density at radius 2 is 1.40 bits per heavy atom. The van der Waals surface area contributed by atoms with Gasteiger partial charge in [0.2, 0.25) is 26.0 Å². The highest BCUT2D eigenvalue weighted by Crippen LogP contribution is 2.16. The molecule has 0 aliphatic rings. The first-order valence-electron chi connectivity index (χ1n) is 8.69. The van der Waals surface area contributed by atoms with Gasteiger partial charge in [-0.15, -0.1) is 0 Å². The molecule has 3 N–H and O–H groups in total. The quantitative estimate of drug-likeness (QED) is 0.357. The standard InChI is InChI=1S/C17H20N4O7S2/c1-2-18-29(25,26)15-7-3-13(4-8-15)20-17(22)11-12-19-30(27,28)16-9-5-14(6-10-16)21(23)24/h3-10,18-19H,2,11-12H2,1H3,(H,20,22). The molecule has 2 rings (SSSR count). The predicted octanol–water partition coefficient (Wildman–Crippen LogP) is 1.20. The second-order valence-corrected chi connectivity index (χ2v) is 9.51. The topological polar surface area (TPSA) is 165 Å². The lowest BCUT2D eigenvalue weighted by molar-refractivity contribution is -0.384. The average molecular weight is 457 g/mol. The minimum atomic E-state index is -3.92. The third kappa shape index (κ3) is 6.32. The summed E-state index contributed by atoms with van der Waals surface area (Å²) in [5.74, 6) is -0.483. The second kappa shape index (κ2) is 9.75. The lowest BCUT2D eigenvalue weighted by atomic mass is 10.3. The number of nitro benzene ring substituents is 1. The average Bonchev–Trinajstić information content (AvgIpc) is 2.68. The van der Waals surface area contributed by atoms with Crippen molar-refractivity contribution in [3.05, 3.63) is 58.6 Å². The van der Waals surface area contributed by atoms with E-state index in [2.05, 4.69) is 14.8 Å². The van der Waals surface area contributed by atoms with E-state index in [9.17, 15) is 31.7 Å². The third-order valence-corrected chi connectivity index (χ3v) is 6.82. The van der Waals surface area contributed by atoms with Crippen LogP contribution in [0.5, 0.6) is 0 Å². The van der Waals surface area contributed by atoms with Gasteiger partial charge in [-0.2, -0.15) is 0 Å². The van der Waals surface area contributed by atoms with Gasteiger partial charge < -0.3 is 5.32 Å². The van der Waals surface area contributed by atoms with Crippen molar-refractivity contribution in [3.8, 4) is 0 Å². The minimum absolute atomic E-state index is 0.0539. The van der Waals surface area contributed by atoms with E-state index < -0.39 is 30.9 Å². The maximum absolute atomic E-state index is 12.2. The predicted molar refractivity (Wildman–Crippen MR) is 109 cm³/mol. The van der Waals surface area contributed by atoms with Crippen molar-refractivity contribution in [2.45, 2.75) is 23.1 Å². The molecule has 0 fully saturated rings. The van der Waals surface area contributed by atoms with Crippen LogP contribution in [0.15, 0.2) is 58.3 Å². The van der Waals surface area contributed by atoms with Crippen LogP contribution in [0.3, 0.4) is 0 Å². The molecule has 0 saturated carbocycles. The van der Waals surface area contributed by atoms with E-state index in [1.165, 1.54) is 24.3 Å². The summed E-state index contributed by atoms with van der Waals surface area (Å²) in [5.41, 5.74) is 0.117. The van der Waals surface area contributed by atoms with E-state index in [0.717, 1.165) is 24.3 Å². The molecule has 0 unspecified atom stereocenters. The van der Waals surface area contributed by atoms with Crippen molar-refractivity contribution in [1.29, 1.82) is 0 Å². The molecule has 162 valence electrons. The van der Waals surface area contributed by atoms with Crippen LogP contribution in [0.25, 0.3) is 0 Å². The summed E-state index contributed by atoms with van der Waals surface area (Å²) >= 11 is 0. The Balaban J connectivity index is 1.89. The number of carbonyl (C=O) groups excluding carboxylic acids is 1. The monoisotopic (exact) mass is 456 g/mol. The molecule has 0 radical (unpaired) electrons. The molecule has 13 heteroatoms. The molecule has 1 amide bonds. The summed E-state index contributed by atoms with van der Waals surface area (Å²) in [6, 6.07) is 9.86. The maximum atomic E-state index is 12.2. The van der Waals surface area contributed by atoms with E-state index in [-0.39, 0.29) is 35.0 Å². The molecule has 0 aliphatic heterocycles. The number of hydrogen-bond donors (Lipinski definition) is 3. The lowest BCUT2D eigenvalue weighted by Gasteiger charge is -2.09. The molecule has 2 aromatic rings. The van der Waals surface area contributed by atoms with Crippen LogP contribution in [-0.4, -0.2) is 40.8 Å². The normalized spacial score (nSPS) is 11.8. The first kappa shape index (κ1) is 23.4. The first-order valence-corrected chi connectivity index (χ1v) is 11.7. The number of rotatable bonds is 10. The molecule has 0 aromatic heterocycles. The number of nitrogens with one attached hydrogen (secondary N) is 3. The fraction of sp³-hybridized carbons (Fsp3) is 0.235. The van der Waals surface area contributed by atoms with Gasteiger partial charge in [-0.05, 0) is 36.4 Å². The van der Waals surface area contributed by atoms with Crippen molar-refractivity contribution in [3.63, 3.8) is 0 Å². The molecule has 30 heavy (non-hydrogen) atoms. The van der Waals surface area contributed by atoms with Crippen LogP contribution in [-0.2, 0) is 24.8 Å². The van der Waals surface area contributed by atoms with Crippen molar-refractivity contribution in [2.75, 3.05) is 18.4 Å². The number of non-ortho nitro benzene ring substituents is 1. The molecule has 0 spiro atoms. The molecule has 0 bridgehead atoms. The van der Waals surface area contributed by atoms with Gasteiger partial charge in [-0.3, -0.25) is 14.9 Å². The number of anilines is 1. The SMILES string of the molecule is CCNS(=O)(=O)c1ccc(NC(=O)CCNS(=O)(=O)c2ccc([N+](=O)[O-])cc2)cc1. The Morgan fingerprint density at radius 3 is 1.90 bits per heavy atom. The highest BCUT2D eigenvalue weighted by atomic mass is 32.2. The number of amides is 1. The summed E-state index contributed by atoms with van der Waals surface area (Å²) in [4.78, 5) is 21.9. The highest BCUT2D eigenvalue weighted by Gasteiger charge is 2.16. The summed E-state index contributed by atoms with van der Waals surface area (Å²) < 4.78 is 52.7. The van der Waals surface area contributed by atoms with E-state index in [0.29, 0.717) is 5.69 Å². The number of sulfonamides is 2. The van der Waals surface area contributed by atoms with Crippen LogP contribution in [0, 0.1) is 10.1 Å². The Hall–Kier alpha value is -2.87. The second-order valence-electron chi connectivity index (χ2n) is 5.97. The Bertz CT molecular complexity index is 1110. The molecule has 0 atom stereocenters. The van der Waals surface area contributed by atoms with Gasteiger partial charge in [0, 0.05) is 37.3 Å². The van der Waals surface area contributed by atoms with Crippen LogP contribution in [0.1, 0.15) is 13.3 Å². The maximum Gasteiger partial charge on any atom is 0.269 e. The summed E-state index contributed by atoms with van der Waals surface area (Å²) in [5, 5.41) is 13.2. The number of nitrogens with zero attached hydrogens (tertiary/aromatic N) is 1. The highest BCUT2D eigenvalue weighted by molar-refractivity contribution is 7.89. The van der Waals surface area contributed by atoms with Crippen molar-refractivity contribution in [2.24, 2.45) is 0 Å². The van der Waals surface area contributed by atoms with E-state index in [1.54, 1.807) is 6.92 Å². The fourth-order valence-electron chi connectivity index (χ4n) is 2.34. The van der Waals surface area contributed by atoms with Crippen LogP contribution >= 0.6 is 0 Å². The van der Waals surface area contributed by atoms with Crippen LogP contribution in [0.4, 0.5) is 11.4 Å². The Kier molecular flexibility index (Phi) is 7.61. The minimum Gasteiger partial charge on any atom is -0.326 e. The smallest absolute Gasteiger partial charge is 0.269 e. The fourth-order valence-corrected chi connectivity index (χ4v) is 4.42. The summed E-state index contributed by atoms with van der Waals surface area (Å²) in [7, 11) is -7.52. The van der Waals surface area contributed by atoms with E-state index in [1.807, 2.05) is 0 Å². The van der Waals surface area contributed by atoms with E-state index in [4.69, 9.17) is 0 Å². The first-order chi connectivity index (χ1) is 14.0. The number of hydrogen-bond acceptors (Lipinski definition) is 7. The number of nitro groups is 1. The lowest BCUT2D eigenvalue weighted by Crippen LogP contribution is -2.27. The summed E-state index contributed by atoms with van der Waals surface area (Å²) in [6.07, 6.45) is -0.177. The molecule has 0 heterocycles. The molecular weight excluding hydrogens is 436 g/mol. The Morgan fingerprint density at radius 1 is 0.900 bits per heavy atom. The van der Waals surface area contributed by atoms with Crippen LogP contribution in [0.2, 0.25) is 0 Å². The van der Waals surface area contributed by atoms with Crippen LogP contribution < -0.4 is 14.8 Å². The largest absolute Gasteiger partial charge is 0.326 e. The molecule has 0 aliphatic carbocycles. The number of carbonyl (C=O) groups is 1. The van der Waals surface area contributed by atoms with Gasteiger partial charge in [-0.25, -0.2) is 26.3 Å². The number of benzene rings is 2. The molecule has 2 aromatic carbocycles. The third-order valence-electron chi connectivity index (χ3n) is 3.78. The van der Waals surface area contributed by atoms with Gasteiger partial charge in [0.1, 0.15) is 0 Å². The van der Waals surface area contributed by atoms with Crippen molar-refractivity contribution in [1.82, 2.24) is 9.44 Å². The van der Waals surface area contributed by atoms with Gasteiger partial charge >= 0.3 is 0 Å². The van der Waals surface area contributed by atoms with Gasteiger partial charge in [0.15, 0.2) is 0 Å². The van der Waals surface area contributed by atoms with Crippen molar-refractivity contribution >= 4 is 37.3 Å². The molecule has 11 nitrogen and oxygen atoms in total. The van der Waals surface area contributed by atoms with Crippen molar-refractivity contribution < 1.29 is 26.6 Å². The zero-order valence-electron chi connectivity index (χ0n) is 15.9. The summed E-state index contributed by atoms with van der Waals surface area (Å²) in [6.45, 7) is 1.71. The van der Waals surface area contributed by atoms with E-state index >= 15 is 0 Å². The van der Waals surface area contributed by atoms with Gasteiger partial charge in [-0.1, -0.05) is 6.92 Å². The van der Waals surface area contributed by atoms with Gasteiger partial charge in [0.05, 0.1) is 14.7 Å². The molecular formula is C17H20N4O7S2. The zero-order chi connectivity index (χ0) is 22.4. The molecule has 0 saturated heterocycles. The zero-order valence-corrected chi connectivity index (χ0v) is 17.5. The van der Waals surface area contributed by atoms with Gasteiger partial charge in [0.25, 0.3) is 5.69 Å². The Labute approximate surface area is 173 Å².